The summed E-state index contributed by atoms with van der Waals surface area (Å²) in [6.07, 6.45) is -4.02. The summed E-state index contributed by atoms with van der Waals surface area (Å²) >= 11 is 0. The first-order valence-corrected chi connectivity index (χ1v) is 9.57. The van der Waals surface area contributed by atoms with Crippen molar-refractivity contribution in [1.29, 1.82) is 5.41 Å². The Balaban J connectivity index is 2.48. The number of rotatable bonds is 9. The minimum absolute atomic E-state index is 0.0401. The Bertz CT molecular complexity index is 893. The Labute approximate surface area is 174 Å². The van der Waals surface area contributed by atoms with Gasteiger partial charge in [0.1, 0.15) is 23.4 Å². The van der Waals surface area contributed by atoms with E-state index in [0.717, 1.165) is 5.56 Å². The van der Waals surface area contributed by atoms with Gasteiger partial charge in [0.15, 0.2) is 0 Å². The molecule has 0 saturated carbocycles. The molecule has 1 unspecified atom stereocenters. The van der Waals surface area contributed by atoms with E-state index in [4.69, 9.17) is 10.1 Å². The molecule has 0 fully saturated rings. The second-order valence-corrected chi connectivity index (χ2v) is 7.61. The molecular weight excluding hydrogens is 396 g/mol. The quantitative estimate of drug-likeness (QED) is 0.366. The van der Waals surface area contributed by atoms with E-state index in [1.807, 2.05) is 20.8 Å². The van der Waals surface area contributed by atoms with Gasteiger partial charge in [0.2, 0.25) is 0 Å². The summed E-state index contributed by atoms with van der Waals surface area (Å²) in [5, 5.41) is 9.97. The zero-order valence-corrected chi connectivity index (χ0v) is 17.2. The van der Waals surface area contributed by atoms with Gasteiger partial charge in [-0.2, -0.15) is 13.2 Å². The topological polar surface area (TPSA) is 45.1 Å². The number of benzene rings is 2. The molecule has 0 aromatic heterocycles. The zero-order chi connectivity index (χ0) is 22.5. The van der Waals surface area contributed by atoms with Gasteiger partial charge < -0.3 is 15.5 Å². The molecular formula is C23H26F4N2O. The Kier molecular flexibility index (Phi) is 7.65. The summed E-state index contributed by atoms with van der Waals surface area (Å²) in [7, 11) is 0. The van der Waals surface area contributed by atoms with Gasteiger partial charge in [0, 0.05) is 6.21 Å². The van der Waals surface area contributed by atoms with Crippen LogP contribution >= 0.6 is 0 Å². The molecule has 0 amide bonds. The fourth-order valence-electron chi connectivity index (χ4n) is 3.13. The molecule has 0 spiro atoms. The number of halogens is 4. The lowest BCUT2D eigenvalue weighted by molar-refractivity contribution is -0.0987. The number of hydrogen-bond donors (Lipinski definition) is 2. The number of hydrogen-bond acceptors (Lipinski definition) is 3. The Morgan fingerprint density at radius 3 is 2.47 bits per heavy atom. The number of aryl methyl sites for hydroxylation is 1. The van der Waals surface area contributed by atoms with Crippen molar-refractivity contribution < 1.29 is 22.3 Å². The summed E-state index contributed by atoms with van der Waals surface area (Å²) in [6, 6.07) is 9.89. The molecule has 7 heteroatoms. The van der Waals surface area contributed by atoms with Crippen molar-refractivity contribution >= 4 is 6.21 Å². The average molecular weight is 422 g/mol. The van der Waals surface area contributed by atoms with Crippen LogP contribution in [0.3, 0.4) is 0 Å². The molecule has 2 N–H and O–H groups in total. The van der Waals surface area contributed by atoms with Gasteiger partial charge in [-0.05, 0) is 60.2 Å². The molecule has 2 rings (SSSR count). The summed E-state index contributed by atoms with van der Waals surface area (Å²) in [6.45, 7) is 8.72. The van der Waals surface area contributed by atoms with E-state index in [2.05, 4.69) is 11.9 Å². The fraction of sp³-hybridized carbons (Fsp3) is 0.348. The van der Waals surface area contributed by atoms with Crippen LogP contribution in [0, 0.1) is 24.1 Å². The van der Waals surface area contributed by atoms with Crippen molar-refractivity contribution in [1.82, 2.24) is 5.32 Å². The molecule has 162 valence electrons. The predicted molar refractivity (Wildman–Crippen MR) is 110 cm³/mol. The third-order valence-corrected chi connectivity index (χ3v) is 4.64. The van der Waals surface area contributed by atoms with Crippen LogP contribution in [-0.2, 0) is 0 Å². The highest BCUT2D eigenvalue weighted by Crippen LogP contribution is 2.32. The van der Waals surface area contributed by atoms with Gasteiger partial charge in [0.25, 0.3) is 0 Å². The molecule has 0 saturated heterocycles. The number of nitrogens with one attached hydrogen (secondary N) is 2. The molecule has 0 aliphatic carbocycles. The van der Waals surface area contributed by atoms with E-state index in [1.165, 1.54) is 24.4 Å². The second kappa shape index (κ2) is 9.78. The third-order valence-electron chi connectivity index (χ3n) is 4.64. The van der Waals surface area contributed by atoms with Crippen molar-refractivity contribution in [2.24, 2.45) is 5.92 Å². The van der Waals surface area contributed by atoms with Crippen molar-refractivity contribution in [2.45, 2.75) is 45.5 Å². The minimum Gasteiger partial charge on any atom is -0.484 e. The van der Waals surface area contributed by atoms with Gasteiger partial charge in [-0.25, -0.2) is 4.39 Å². The van der Waals surface area contributed by atoms with Crippen molar-refractivity contribution in [2.75, 3.05) is 0 Å². The molecule has 0 radical (unpaired) electrons. The molecule has 0 heterocycles. The number of alkyl halides is 3. The summed E-state index contributed by atoms with van der Waals surface area (Å²) in [4.78, 5) is 0. The highest BCUT2D eigenvalue weighted by atomic mass is 19.4. The lowest BCUT2D eigenvalue weighted by atomic mass is 9.93. The maximum absolute atomic E-state index is 13.9. The second-order valence-electron chi connectivity index (χ2n) is 7.61. The van der Waals surface area contributed by atoms with Gasteiger partial charge in [0.05, 0.1) is 6.04 Å². The largest absolute Gasteiger partial charge is 0.484 e. The minimum atomic E-state index is -4.61. The van der Waals surface area contributed by atoms with Crippen molar-refractivity contribution in [3.8, 4) is 5.75 Å². The third kappa shape index (κ3) is 6.34. The summed E-state index contributed by atoms with van der Waals surface area (Å²) < 4.78 is 59.5. The van der Waals surface area contributed by atoms with Crippen LogP contribution < -0.4 is 10.1 Å². The maximum atomic E-state index is 13.9. The standard InChI is InChI=1S/C23H26F4N2O/c1-14(2)10-21(29-16(4)23(25,26)27)22(17-6-5-7-19(24)11-17)30-20-9-8-15(3)18(12-20)13-28/h5-9,11-14,21-22,28-29H,4,10H2,1-3H3/t21?,22-/m1/s1. The van der Waals surface area contributed by atoms with Crippen LogP contribution in [0.5, 0.6) is 5.75 Å². The highest BCUT2D eigenvalue weighted by molar-refractivity contribution is 5.79. The Hall–Kier alpha value is -2.83. The van der Waals surface area contributed by atoms with Crippen molar-refractivity contribution in [3.63, 3.8) is 0 Å². The predicted octanol–water partition coefficient (Wildman–Crippen LogP) is 6.33. The van der Waals surface area contributed by atoms with Crippen LogP contribution in [-0.4, -0.2) is 18.4 Å². The average Bonchev–Trinajstić information content (AvgIpc) is 2.65. The first-order valence-electron chi connectivity index (χ1n) is 9.57. The van der Waals surface area contributed by atoms with Crippen LogP contribution in [0.1, 0.15) is 43.1 Å². The summed E-state index contributed by atoms with van der Waals surface area (Å²) in [5.41, 5.74) is 0.808. The highest BCUT2D eigenvalue weighted by Gasteiger charge is 2.36. The normalized spacial score (nSPS) is 13.6. The molecule has 2 aromatic carbocycles. The maximum Gasteiger partial charge on any atom is 0.430 e. The molecule has 2 aromatic rings. The van der Waals surface area contributed by atoms with Crippen molar-refractivity contribution in [3.05, 3.63) is 77.2 Å². The van der Waals surface area contributed by atoms with E-state index in [9.17, 15) is 17.6 Å². The lowest BCUT2D eigenvalue weighted by Gasteiger charge is -2.32. The van der Waals surface area contributed by atoms with E-state index >= 15 is 0 Å². The van der Waals surface area contributed by atoms with Gasteiger partial charge in [-0.1, -0.05) is 38.6 Å². The van der Waals surface area contributed by atoms with Gasteiger partial charge >= 0.3 is 6.18 Å². The Morgan fingerprint density at radius 2 is 1.90 bits per heavy atom. The van der Waals surface area contributed by atoms with Gasteiger partial charge in [-0.15, -0.1) is 0 Å². The van der Waals surface area contributed by atoms with Crippen LogP contribution in [0.15, 0.2) is 54.7 Å². The monoisotopic (exact) mass is 422 g/mol. The van der Waals surface area contributed by atoms with Crippen LogP contribution in [0.4, 0.5) is 17.6 Å². The molecule has 2 atom stereocenters. The first-order chi connectivity index (χ1) is 14.0. The van der Waals surface area contributed by atoms with E-state index in [1.54, 1.807) is 24.3 Å². The molecule has 3 nitrogen and oxygen atoms in total. The van der Waals surface area contributed by atoms with E-state index < -0.39 is 29.8 Å². The lowest BCUT2D eigenvalue weighted by Crippen LogP contribution is -2.41. The van der Waals surface area contributed by atoms with Gasteiger partial charge in [-0.3, -0.25) is 0 Å². The molecule has 0 bridgehead atoms. The number of allylic oxidation sites excluding steroid dienone is 1. The van der Waals surface area contributed by atoms with E-state index in [0.29, 0.717) is 23.3 Å². The first kappa shape index (κ1) is 23.4. The smallest absolute Gasteiger partial charge is 0.430 e. The molecule has 0 aliphatic heterocycles. The van der Waals surface area contributed by atoms with Crippen LogP contribution in [0.2, 0.25) is 0 Å². The SMILES string of the molecule is C=C(NC(CC(C)C)[C@H](Oc1ccc(C)c(C=N)c1)c1cccc(F)c1)C(F)(F)F. The molecule has 0 aliphatic rings. The number of ether oxygens (including phenoxy) is 1. The molecule has 30 heavy (non-hydrogen) atoms. The fourth-order valence-corrected chi connectivity index (χ4v) is 3.13. The van der Waals surface area contributed by atoms with E-state index in [-0.39, 0.29) is 5.92 Å². The summed E-state index contributed by atoms with van der Waals surface area (Å²) in [5.74, 6) is -0.0944. The Morgan fingerprint density at radius 1 is 1.20 bits per heavy atom. The van der Waals surface area contributed by atoms with Crippen LogP contribution in [0.25, 0.3) is 0 Å². The zero-order valence-electron chi connectivity index (χ0n) is 17.2.